The first-order valence-corrected chi connectivity index (χ1v) is 6.62. The Hall–Kier alpha value is -1.45. The van der Waals surface area contributed by atoms with Crippen LogP contribution in [0.4, 0.5) is 22.0 Å². The number of hydrogen-bond donors (Lipinski definition) is 0. The Labute approximate surface area is 124 Å². The summed E-state index contributed by atoms with van der Waals surface area (Å²) in [6.07, 6.45) is -8.30. The number of esters is 1. The molecule has 118 valence electrons. The van der Waals surface area contributed by atoms with Gasteiger partial charge in [-0.25, -0.2) is 18.6 Å². The molecule has 0 atom stereocenters. The molecular formula is C11H9BrF5NO3. The van der Waals surface area contributed by atoms with Gasteiger partial charge in [-0.1, -0.05) is 15.9 Å². The number of ether oxygens (including phenoxy) is 2. The molecule has 0 N–H and O–H groups in total. The summed E-state index contributed by atoms with van der Waals surface area (Å²) >= 11 is 2.91. The van der Waals surface area contributed by atoms with Crippen LogP contribution in [0.25, 0.3) is 0 Å². The van der Waals surface area contributed by atoms with Gasteiger partial charge in [-0.3, -0.25) is 0 Å². The number of halogens is 6. The van der Waals surface area contributed by atoms with Gasteiger partial charge in [0.2, 0.25) is 5.88 Å². The van der Waals surface area contributed by atoms with Crippen LogP contribution >= 0.6 is 15.9 Å². The van der Waals surface area contributed by atoms with E-state index in [4.69, 9.17) is 0 Å². The number of hydrogen-bond acceptors (Lipinski definition) is 4. The molecule has 0 unspecified atom stereocenters. The number of aromatic nitrogens is 1. The third kappa shape index (κ3) is 4.80. The molecule has 4 nitrogen and oxygen atoms in total. The predicted octanol–water partition coefficient (Wildman–Crippen LogP) is 3.99. The quantitative estimate of drug-likeness (QED) is 0.442. The summed E-state index contributed by atoms with van der Waals surface area (Å²) in [5, 5.41) is -0.155. The second-order valence-electron chi connectivity index (χ2n) is 3.59. The molecule has 0 saturated carbocycles. The first-order chi connectivity index (χ1) is 9.69. The molecule has 0 amide bonds. The van der Waals surface area contributed by atoms with E-state index in [1.807, 2.05) is 0 Å². The number of alkyl halides is 6. The minimum atomic E-state index is -5.18. The van der Waals surface area contributed by atoms with Crippen LogP contribution in [0.1, 0.15) is 35.0 Å². The molecule has 0 radical (unpaired) electrons. The van der Waals surface area contributed by atoms with Gasteiger partial charge in [0, 0.05) is 5.33 Å². The maximum atomic E-state index is 12.6. The summed E-state index contributed by atoms with van der Waals surface area (Å²) in [5.41, 5.74) is -1.72. The van der Waals surface area contributed by atoms with Crippen molar-refractivity contribution in [2.75, 3.05) is 6.61 Å². The van der Waals surface area contributed by atoms with Gasteiger partial charge in [0.25, 0.3) is 6.43 Å². The Kier molecular flexibility index (Phi) is 5.87. The smallest absolute Gasteiger partial charge is 0.462 e. The first kappa shape index (κ1) is 17.6. The second kappa shape index (κ2) is 7.01. The molecule has 0 bridgehead atoms. The molecule has 1 aromatic rings. The third-order valence-electron chi connectivity index (χ3n) is 2.15. The van der Waals surface area contributed by atoms with E-state index in [9.17, 15) is 26.7 Å². The van der Waals surface area contributed by atoms with E-state index in [0.29, 0.717) is 0 Å². The van der Waals surface area contributed by atoms with E-state index >= 15 is 0 Å². The molecule has 0 fully saturated rings. The Morgan fingerprint density at radius 1 is 1.43 bits per heavy atom. The van der Waals surface area contributed by atoms with Gasteiger partial charge in [0.1, 0.15) is 11.3 Å². The Bertz CT molecular complexity index is 521. The highest BCUT2D eigenvalue weighted by Gasteiger charge is 2.36. The standard InChI is InChI=1S/C11H9BrF5NO3/c1-2-20-10(19)7-5(4-12)3-6(8(13)14)18-9(7)21-11(15,16)17/h3,8H,2,4H2,1H3. The highest BCUT2D eigenvalue weighted by Crippen LogP contribution is 2.32. The lowest BCUT2D eigenvalue weighted by Gasteiger charge is -2.15. The van der Waals surface area contributed by atoms with Gasteiger partial charge in [0.05, 0.1) is 6.61 Å². The zero-order valence-corrected chi connectivity index (χ0v) is 12.1. The van der Waals surface area contributed by atoms with Crippen LogP contribution in [0.15, 0.2) is 6.07 Å². The van der Waals surface area contributed by atoms with Gasteiger partial charge in [-0.05, 0) is 18.6 Å². The number of pyridine rings is 1. The van der Waals surface area contributed by atoms with Gasteiger partial charge in [0.15, 0.2) is 0 Å². The van der Waals surface area contributed by atoms with Crippen LogP contribution < -0.4 is 4.74 Å². The molecule has 0 aliphatic rings. The van der Waals surface area contributed by atoms with E-state index < -0.39 is 35.9 Å². The SMILES string of the molecule is CCOC(=O)c1c(CBr)cc(C(F)F)nc1OC(F)(F)F. The lowest BCUT2D eigenvalue weighted by atomic mass is 10.1. The van der Waals surface area contributed by atoms with Crippen molar-refractivity contribution in [2.24, 2.45) is 0 Å². The van der Waals surface area contributed by atoms with Crippen molar-refractivity contribution in [1.29, 1.82) is 0 Å². The summed E-state index contributed by atoms with van der Waals surface area (Å²) in [7, 11) is 0. The van der Waals surface area contributed by atoms with Crippen molar-refractivity contribution in [2.45, 2.75) is 25.0 Å². The molecular weight excluding hydrogens is 369 g/mol. The topological polar surface area (TPSA) is 48.4 Å². The number of carbonyl (C=O) groups is 1. The molecule has 0 aromatic carbocycles. The molecule has 0 saturated heterocycles. The molecule has 1 heterocycles. The minimum absolute atomic E-state index is 0.109. The lowest BCUT2D eigenvalue weighted by molar-refractivity contribution is -0.276. The largest absolute Gasteiger partial charge is 0.574 e. The average molecular weight is 378 g/mol. The fraction of sp³-hybridized carbons (Fsp3) is 0.455. The monoisotopic (exact) mass is 377 g/mol. The Morgan fingerprint density at radius 2 is 2.05 bits per heavy atom. The van der Waals surface area contributed by atoms with Gasteiger partial charge in [-0.15, -0.1) is 13.2 Å². The summed E-state index contributed by atoms with van der Waals surface area (Å²) in [5.74, 6) is -2.40. The van der Waals surface area contributed by atoms with E-state index in [1.165, 1.54) is 6.92 Å². The third-order valence-corrected chi connectivity index (χ3v) is 2.75. The highest BCUT2D eigenvalue weighted by molar-refractivity contribution is 9.08. The molecule has 1 rings (SSSR count). The highest BCUT2D eigenvalue weighted by atomic mass is 79.9. The van der Waals surface area contributed by atoms with Crippen LogP contribution in [0.3, 0.4) is 0 Å². The predicted molar refractivity (Wildman–Crippen MR) is 64.5 cm³/mol. The first-order valence-electron chi connectivity index (χ1n) is 5.50. The summed E-state index contributed by atoms with van der Waals surface area (Å²) in [6, 6.07) is 0.814. The van der Waals surface area contributed by atoms with Gasteiger partial charge >= 0.3 is 12.3 Å². The maximum absolute atomic E-state index is 12.6. The summed E-state index contributed by atoms with van der Waals surface area (Å²) < 4.78 is 70.4. The molecule has 10 heteroatoms. The molecule has 0 aliphatic heterocycles. The molecule has 21 heavy (non-hydrogen) atoms. The van der Waals surface area contributed by atoms with Crippen molar-refractivity contribution in [3.8, 4) is 5.88 Å². The second-order valence-corrected chi connectivity index (χ2v) is 4.15. The maximum Gasteiger partial charge on any atom is 0.574 e. The van der Waals surface area contributed by atoms with Crippen LogP contribution in [0, 0.1) is 0 Å². The van der Waals surface area contributed by atoms with Crippen molar-refractivity contribution in [3.63, 3.8) is 0 Å². The fourth-order valence-corrected chi connectivity index (χ4v) is 1.86. The number of rotatable bonds is 5. The summed E-state index contributed by atoms with van der Waals surface area (Å²) in [4.78, 5) is 14.7. The molecule has 0 aliphatic carbocycles. The van der Waals surface area contributed by atoms with Crippen molar-refractivity contribution in [3.05, 3.63) is 22.9 Å². The number of nitrogens with zero attached hydrogens (tertiary/aromatic N) is 1. The van der Waals surface area contributed by atoms with Crippen LogP contribution in [0.2, 0.25) is 0 Å². The van der Waals surface area contributed by atoms with E-state index in [1.54, 1.807) is 0 Å². The summed E-state index contributed by atoms with van der Waals surface area (Å²) in [6.45, 7) is 1.33. The van der Waals surface area contributed by atoms with Crippen molar-refractivity contribution in [1.82, 2.24) is 4.98 Å². The fourth-order valence-electron chi connectivity index (χ4n) is 1.42. The molecule has 0 spiro atoms. The van der Waals surface area contributed by atoms with Crippen molar-refractivity contribution < 1.29 is 36.2 Å². The Balaban J connectivity index is 3.45. The lowest BCUT2D eigenvalue weighted by Crippen LogP contribution is -2.22. The Morgan fingerprint density at radius 3 is 2.48 bits per heavy atom. The minimum Gasteiger partial charge on any atom is -0.462 e. The average Bonchev–Trinajstić information content (AvgIpc) is 2.35. The van der Waals surface area contributed by atoms with Crippen LogP contribution in [0.5, 0.6) is 5.88 Å². The van der Waals surface area contributed by atoms with E-state index in [2.05, 4.69) is 30.4 Å². The van der Waals surface area contributed by atoms with Gasteiger partial charge < -0.3 is 9.47 Å². The van der Waals surface area contributed by atoms with Gasteiger partial charge in [-0.2, -0.15) is 0 Å². The zero-order chi connectivity index (χ0) is 16.2. The van der Waals surface area contributed by atoms with E-state index in [-0.39, 0.29) is 17.5 Å². The molecule has 1 aromatic heterocycles. The number of carbonyl (C=O) groups excluding carboxylic acids is 1. The van der Waals surface area contributed by atoms with E-state index in [0.717, 1.165) is 6.07 Å². The zero-order valence-electron chi connectivity index (χ0n) is 10.5. The van der Waals surface area contributed by atoms with Crippen LogP contribution in [-0.4, -0.2) is 23.9 Å². The van der Waals surface area contributed by atoms with Crippen molar-refractivity contribution >= 4 is 21.9 Å². The normalized spacial score (nSPS) is 11.6. The van der Waals surface area contributed by atoms with Crippen LogP contribution in [-0.2, 0) is 10.1 Å².